The van der Waals surface area contributed by atoms with Gasteiger partial charge in [0.2, 0.25) is 0 Å². The molecule has 0 fully saturated rings. The lowest BCUT2D eigenvalue weighted by Gasteiger charge is -1.93. The first kappa shape index (κ1) is 8.78. The Kier molecular flexibility index (Phi) is 3.12. The second kappa shape index (κ2) is 3.90. The zero-order valence-corrected chi connectivity index (χ0v) is 7.88. The Morgan fingerprint density at radius 2 is 2.45 bits per heavy atom. The molecule has 0 aliphatic carbocycles. The maximum atomic E-state index is 5.76. The summed E-state index contributed by atoms with van der Waals surface area (Å²) in [5.74, 6) is 0. The Balaban J connectivity index is 2.84. The number of hydrogen-bond donors (Lipinski definition) is 1. The molecule has 1 aromatic rings. The van der Waals surface area contributed by atoms with E-state index in [9.17, 15) is 0 Å². The van der Waals surface area contributed by atoms with E-state index >= 15 is 0 Å². The van der Waals surface area contributed by atoms with Crippen molar-refractivity contribution in [3.8, 4) is 0 Å². The highest BCUT2D eigenvalue weighted by Gasteiger charge is 1.97. The van der Waals surface area contributed by atoms with Crippen LogP contribution in [-0.2, 0) is 0 Å². The topological polar surface area (TPSA) is 26.0 Å². The zero-order valence-electron chi connectivity index (χ0n) is 6.30. The molecule has 0 saturated carbocycles. The molecule has 0 spiro atoms. The average molecular weight is 188 g/mol. The van der Waals surface area contributed by atoms with Crippen LogP contribution in [0.1, 0.15) is 11.8 Å². The zero-order chi connectivity index (χ0) is 8.27. The van der Waals surface area contributed by atoms with Gasteiger partial charge in [-0.1, -0.05) is 17.7 Å². The van der Waals surface area contributed by atoms with E-state index < -0.39 is 0 Å². The molecule has 0 bridgehead atoms. The summed E-state index contributed by atoms with van der Waals surface area (Å²) in [6, 6.07) is 3.91. The van der Waals surface area contributed by atoms with Crippen LogP contribution in [0.3, 0.4) is 0 Å². The van der Waals surface area contributed by atoms with Gasteiger partial charge in [-0.25, -0.2) is 0 Å². The highest BCUT2D eigenvalue weighted by atomic mass is 35.5. The van der Waals surface area contributed by atoms with Gasteiger partial charge >= 0.3 is 0 Å². The quantitative estimate of drug-likeness (QED) is 0.757. The molecule has 0 amide bonds. The Bertz CT molecular complexity index is 265. The van der Waals surface area contributed by atoms with Gasteiger partial charge in [-0.05, 0) is 24.6 Å². The van der Waals surface area contributed by atoms with Gasteiger partial charge in [0.1, 0.15) is 0 Å². The molecule has 1 nitrogen and oxygen atoms in total. The Morgan fingerprint density at radius 3 is 2.91 bits per heavy atom. The molecule has 1 heterocycles. The van der Waals surface area contributed by atoms with E-state index in [1.165, 1.54) is 10.5 Å². The predicted octanol–water partition coefficient (Wildman–Crippen LogP) is 2.76. The molecule has 2 N–H and O–H groups in total. The maximum absolute atomic E-state index is 5.76. The first-order valence-electron chi connectivity index (χ1n) is 3.36. The maximum Gasteiger partial charge on any atom is 0.0934 e. The van der Waals surface area contributed by atoms with Crippen molar-refractivity contribution >= 4 is 28.5 Å². The fraction of sp³-hybridized carbons (Fsp3) is 0.250. The highest BCUT2D eigenvalue weighted by molar-refractivity contribution is 7.17. The summed E-state index contributed by atoms with van der Waals surface area (Å²) in [6.07, 6.45) is 1.99. The molecular formula is C8H10ClNS. The number of hydrogen-bond acceptors (Lipinski definition) is 2. The van der Waals surface area contributed by atoms with Gasteiger partial charge in [-0.3, -0.25) is 0 Å². The van der Waals surface area contributed by atoms with Crippen LogP contribution in [-0.4, -0.2) is 6.54 Å². The molecule has 0 aliphatic heterocycles. The first-order valence-corrected chi connectivity index (χ1v) is 4.56. The summed E-state index contributed by atoms with van der Waals surface area (Å²) in [6.45, 7) is 2.62. The van der Waals surface area contributed by atoms with Crippen molar-refractivity contribution in [2.45, 2.75) is 6.92 Å². The molecular weight excluding hydrogens is 178 g/mol. The fourth-order valence-corrected chi connectivity index (χ4v) is 1.84. The summed E-state index contributed by atoms with van der Waals surface area (Å²) in [4.78, 5) is 1.19. The molecule has 0 aromatic carbocycles. The van der Waals surface area contributed by atoms with Gasteiger partial charge in [0, 0.05) is 11.4 Å². The van der Waals surface area contributed by atoms with E-state index in [1.54, 1.807) is 11.3 Å². The van der Waals surface area contributed by atoms with Crippen molar-refractivity contribution in [1.29, 1.82) is 0 Å². The number of rotatable bonds is 2. The third-order valence-electron chi connectivity index (χ3n) is 1.39. The predicted molar refractivity (Wildman–Crippen MR) is 52.0 cm³/mol. The summed E-state index contributed by atoms with van der Waals surface area (Å²) < 4.78 is 0.824. The van der Waals surface area contributed by atoms with Crippen molar-refractivity contribution < 1.29 is 0 Å². The van der Waals surface area contributed by atoms with Gasteiger partial charge in [-0.2, -0.15) is 0 Å². The average Bonchev–Trinajstić information content (AvgIpc) is 2.36. The number of allylic oxidation sites excluding steroid dienone is 1. The Hall–Kier alpha value is -0.310. The minimum absolute atomic E-state index is 0.585. The minimum Gasteiger partial charge on any atom is -0.327 e. The lowest BCUT2D eigenvalue weighted by atomic mass is 10.2. The SMILES string of the molecule is CC(=CCN)c1ccc(Cl)s1. The molecule has 1 aromatic heterocycles. The van der Waals surface area contributed by atoms with Gasteiger partial charge in [0.15, 0.2) is 0 Å². The van der Waals surface area contributed by atoms with Crippen LogP contribution in [0.5, 0.6) is 0 Å². The van der Waals surface area contributed by atoms with Crippen LogP contribution in [0.25, 0.3) is 5.57 Å². The van der Waals surface area contributed by atoms with Crippen molar-refractivity contribution in [3.63, 3.8) is 0 Å². The fourth-order valence-electron chi connectivity index (χ4n) is 0.804. The van der Waals surface area contributed by atoms with E-state index in [1.807, 2.05) is 25.1 Å². The Labute approximate surface area is 75.5 Å². The largest absolute Gasteiger partial charge is 0.327 e. The van der Waals surface area contributed by atoms with Crippen LogP contribution >= 0.6 is 22.9 Å². The van der Waals surface area contributed by atoms with Gasteiger partial charge in [0.05, 0.1) is 4.34 Å². The van der Waals surface area contributed by atoms with Crippen molar-refractivity contribution in [3.05, 3.63) is 27.4 Å². The highest BCUT2D eigenvalue weighted by Crippen LogP contribution is 2.26. The summed E-state index contributed by atoms with van der Waals surface area (Å²) in [5.41, 5.74) is 6.57. The third-order valence-corrected chi connectivity index (χ3v) is 2.75. The minimum atomic E-state index is 0.585. The van der Waals surface area contributed by atoms with E-state index in [0.29, 0.717) is 6.54 Å². The smallest absolute Gasteiger partial charge is 0.0934 e. The number of nitrogens with two attached hydrogens (primary N) is 1. The standard InChI is InChI=1S/C8H10ClNS/c1-6(4-5-10)7-2-3-8(9)11-7/h2-4H,5,10H2,1H3. The molecule has 1 rings (SSSR count). The van der Waals surface area contributed by atoms with Crippen molar-refractivity contribution in [2.24, 2.45) is 5.73 Å². The molecule has 0 saturated heterocycles. The lowest BCUT2D eigenvalue weighted by molar-refractivity contribution is 1.25. The molecule has 0 unspecified atom stereocenters. The van der Waals surface area contributed by atoms with E-state index in [4.69, 9.17) is 17.3 Å². The van der Waals surface area contributed by atoms with E-state index in [-0.39, 0.29) is 0 Å². The number of halogens is 1. The number of thiophene rings is 1. The Morgan fingerprint density at radius 1 is 1.73 bits per heavy atom. The van der Waals surface area contributed by atoms with Crippen molar-refractivity contribution in [1.82, 2.24) is 0 Å². The second-order valence-corrected chi connectivity index (χ2v) is 3.94. The normalized spacial score (nSPS) is 12.1. The second-order valence-electron chi connectivity index (χ2n) is 2.23. The molecule has 0 aliphatic rings. The summed E-state index contributed by atoms with van der Waals surface area (Å²) >= 11 is 7.34. The van der Waals surface area contributed by atoms with Gasteiger partial charge in [0.25, 0.3) is 0 Å². The van der Waals surface area contributed by atoms with Crippen LogP contribution < -0.4 is 5.73 Å². The third kappa shape index (κ3) is 2.33. The monoisotopic (exact) mass is 187 g/mol. The van der Waals surface area contributed by atoms with Gasteiger partial charge < -0.3 is 5.73 Å². The molecule has 11 heavy (non-hydrogen) atoms. The van der Waals surface area contributed by atoms with E-state index in [2.05, 4.69) is 0 Å². The van der Waals surface area contributed by atoms with Crippen LogP contribution in [0.15, 0.2) is 18.2 Å². The molecule has 3 heteroatoms. The van der Waals surface area contributed by atoms with Crippen LogP contribution in [0, 0.1) is 0 Å². The first-order chi connectivity index (χ1) is 5.24. The lowest BCUT2D eigenvalue weighted by Crippen LogP contribution is -1.93. The van der Waals surface area contributed by atoms with Crippen LogP contribution in [0.4, 0.5) is 0 Å². The van der Waals surface area contributed by atoms with Crippen molar-refractivity contribution in [2.75, 3.05) is 6.54 Å². The van der Waals surface area contributed by atoms with Gasteiger partial charge in [-0.15, -0.1) is 11.3 Å². The molecule has 0 radical (unpaired) electrons. The molecule has 0 atom stereocenters. The molecule has 60 valence electrons. The summed E-state index contributed by atoms with van der Waals surface area (Å²) in [7, 11) is 0. The summed E-state index contributed by atoms with van der Waals surface area (Å²) in [5, 5.41) is 0. The van der Waals surface area contributed by atoms with E-state index in [0.717, 1.165) is 4.34 Å². The van der Waals surface area contributed by atoms with Crippen LogP contribution in [0.2, 0.25) is 4.34 Å².